The Balaban J connectivity index is 1.86. The molecular weight excluding hydrogens is 290 g/mol. The molecule has 1 N–H and O–H groups in total. The van der Waals surface area contributed by atoms with E-state index in [9.17, 15) is 9.59 Å². The fourth-order valence-corrected chi connectivity index (χ4v) is 2.03. The summed E-state index contributed by atoms with van der Waals surface area (Å²) in [6.07, 6.45) is 2.27. The number of rotatable bonds is 7. The predicted molar refractivity (Wildman–Crippen MR) is 90.2 cm³/mol. The van der Waals surface area contributed by atoms with Crippen LogP contribution in [0.5, 0.6) is 0 Å². The number of hydrogen-bond donors (Lipinski definition) is 1. The van der Waals surface area contributed by atoms with E-state index in [4.69, 9.17) is 4.74 Å². The van der Waals surface area contributed by atoms with E-state index in [-0.39, 0.29) is 18.5 Å². The Morgan fingerprint density at radius 3 is 2.35 bits per heavy atom. The molecule has 0 atom stereocenters. The van der Waals surface area contributed by atoms with Crippen LogP contribution in [0.4, 0.5) is 5.69 Å². The van der Waals surface area contributed by atoms with E-state index < -0.39 is 0 Å². The van der Waals surface area contributed by atoms with Gasteiger partial charge in [-0.2, -0.15) is 0 Å². The molecule has 0 bridgehead atoms. The van der Waals surface area contributed by atoms with Crippen molar-refractivity contribution in [2.45, 2.75) is 32.8 Å². The molecule has 0 fully saturated rings. The van der Waals surface area contributed by atoms with Crippen molar-refractivity contribution >= 4 is 17.6 Å². The topological polar surface area (TPSA) is 55.4 Å². The third-order valence-electron chi connectivity index (χ3n) is 3.38. The first kappa shape index (κ1) is 16.7. The second kappa shape index (κ2) is 8.73. The summed E-state index contributed by atoms with van der Waals surface area (Å²) in [6.45, 7) is 2.27. The van der Waals surface area contributed by atoms with Gasteiger partial charge in [-0.15, -0.1) is 0 Å². The standard InChI is InChI=1S/C19H21NO3/c1-2-3-9-18(21)23-14-15-10-12-16(13-11-15)19(22)20-17-7-5-4-6-8-17/h4-8,10-13H,2-3,9,14H2,1H3,(H,20,22). The van der Waals surface area contributed by atoms with Crippen LogP contribution in [-0.2, 0) is 16.1 Å². The quantitative estimate of drug-likeness (QED) is 0.781. The maximum atomic E-state index is 12.1. The third kappa shape index (κ3) is 5.58. The summed E-state index contributed by atoms with van der Waals surface area (Å²) in [7, 11) is 0. The summed E-state index contributed by atoms with van der Waals surface area (Å²) in [5.74, 6) is -0.347. The molecule has 1 amide bonds. The van der Waals surface area contributed by atoms with Crippen LogP contribution >= 0.6 is 0 Å². The van der Waals surface area contributed by atoms with Crippen LogP contribution in [0.1, 0.15) is 42.1 Å². The second-order valence-electron chi connectivity index (χ2n) is 5.28. The summed E-state index contributed by atoms with van der Waals surface area (Å²) >= 11 is 0. The van der Waals surface area contributed by atoms with Crippen molar-refractivity contribution < 1.29 is 14.3 Å². The minimum atomic E-state index is -0.183. The summed E-state index contributed by atoms with van der Waals surface area (Å²) in [5, 5.41) is 2.83. The first-order chi connectivity index (χ1) is 11.2. The van der Waals surface area contributed by atoms with Gasteiger partial charge in [-0.1, -0.05) is 43.7 Å². The van der Waals surface area contributed by atoms with Crippen molar-refractivity contribution in [1.82, 2.24) is 0 Å². The van der Waals surface area contributed by atoms with Crippen molar-refractivity contribution in [2.75, 3.05) is 5.32 Å². The molecule has 0 radical (unpaired) electrons. The van der Waals surface area contributed by atoms with Gasteiger partial charge in [-0.3, -0.25) is 9.59 Å². The normalized spacial score (nSPS) is 10.1. The zero-order chi connectivity index (χ0) is 16.5. The van der Waals surface area contributed by atoms with E-state index in [1.165, 1.54) is 0 Å². The highest BCUT2D eigenvalue weighted by Gasteiger charge is 2.07. The molecule has 4 nitrogen and oxygen atoms in total. The second-order valence-corrected chi connectivity index (χ2v) is 5.28. The molecule has 0 aliphatic rings. The van der Waals surface area contributed by atoms with Crippen LogP contribution in [0.15, 0.2) is 54.6 Å². The number of anilines is 1. The number of unbranched alkanes of at least 4 members (excludes halogenated alkanes) is 1. The van der Waals surface area contributed by atoms with Gasteiger partial charge in [-0.05, 0) is 36.2 Å². The van der Waals surface area contributed by atoms with Gasteiger partial charge in [0.25, 0.3) is 5.91 Å². The Morgan fingerprint density at radius 1 is 1.00 bits per heavy atom. The van der Waals surface area contributed by atoms with Crippen LogP contribution < -0.4 is 5.32 Å². The molecule has 2 rings (SSSR count). The number of amides is 1. The average molecular weight is 311 g/mol. The van der Waals surface area contributed by atoms with Crippen LogP contribution in [0.25, 0.3) is 0 Å². The van der Waals surface area contributed by atoms with Crippen LogP contribution in [0, 0.1) is 0 Å². The zero-order valence-electron chi connectivity index (χ0n) is 13.2. The van der Waals surface area contributed by atoms with E-state index in [0.29, 0.717) is 12.0 Å². The van der Waals surface area contributed by atoms with Crippen molar-refractivity contribution in [3.05, 3.63) is 65.7 Å². The predicted octanol–water partition coefficient (Wildman–Crippen LogP) is 4.17. The highest BCUT2D eigenvalue weighted by molar-refractivity contribution is 6.04. The summed E-state index contributed by atoms with van der Waals surface area (Å²) in [5.41, 5.74) is 2.19. The van der Waals surface area contributed by atoms with Crippen LogP contribution in [-0.4, -0.2) is 11.9 Å². The number of nitrogens with one attached hydrogen (secondary N) is 1. The van der Waals surface area contributed by atoms with Crippen LogP contribution in [0.3, 0.4) is 0 Å². The van der Waals surface area contributed by atoms with E-state index in [2.05, 4.69) is 5.32 Å². The Labute approximate surface area is 136 Å². The van der Waals surface area contributed by atoms with Gasteiger partial charge in [0.15, 0.2) is 0 Å². The molecule has 0 aliphatic heterocycles. The van der Waals surface area contributed by atoms with Gasteiger partial charge in [0.1, 0.15) is 6.61 Å². The zero-order valence-corrected chi connectivity index (χ0v) is 13.2. The fourth-order valence-electron chi connectivity index (χ4n) is 2.03. The molecule has 23 heavy (non-hydrogen) atoms. The minimum Gasteiger partial charge on any atom is -0.461 e. The molecule has 2 aromatic rings. The number of carbonyl (C=O) groups excluding carboxylic acids is 2. The third-order valence-corrected chi connectivity index (χ3v) is 3.38. The monoisotopic (exact) mass is 311 g/mol. The molecule has 2 aromatic carbocycles. The average Bonchev–Trinajstić information content (AvgIpc) is 2.59. The Bertz CT molecular complexity index is 635. The van der Waals surface area contributed by atoms with E-state index in [1.807, 2.05) is 37.3 Å². The molecule has 0 saturated heterocycles. The SMILES string of the molecule is CCCCC(=O)OCc1ccc(C(=O)Nc2ccccc2)cc1. The first-order valence-electron chi connectivity index (χ1n) is 7.80. The lowest BCUT2D eigenvalue weighted by Gasteiger charge is -2.07. The lowest BCUT2D eigenvalue weighted by atomic mass is 10.1. The fraction of sp³-hybridized carbons (Fsp3) is 0.263. The van der Waals surface area contributed by atoms with Gasteiger partial charge in [0.05, 0.1) is 0 Å². The Hall–Kier alpha value is -2.62. The van der Waals surface area contributed by atoms with Gasteiger partial charge in [0.2, 0.25) is 0 Å². The highest BCUT2D eigenvalue weighted by Crippen LogP contribution is 2.11. The largest absolute Gasteiger partial charge is 0.461 e. The van der Waals surface area contributed by atoms with Crippen molar-refractivity contribution in [2.24, 2.45) is 0 Å². The molecule has 4 heteroatoms. The molecular formula is C19H21NO3. The summed E-state index contributed by atoms with van der Waals surface area (Å²) in [4.78, 5) is 23.6. The Morgan fingerprint density at radius 2 is 1.70 bits per heavy atom. The van der Waals surface area contributed by atoms with E-state index in [0.717, 1.165) is 24.1 Å². The summed E-state index contributed by atoms with van der Waals surface area (Å²) < 4.78 is 5.19. The van der Waals surface area contributed by atoms with Crippen molar-refractivity contribution in [3.8, 4) is 0 Å². The van der Waals surface area contributed by atoms with Gasteiger partial charge >= 0.3 is 5.97 Å². The molecule has 0 aromatic heterocycles. The lowest BCUT2D eigenvalue weighted by molar-refractivity contribution is -0.145. The van der Waals surface area contributed by atoms with Crippen LogP contribution in [0.2, 0.25) is 0 Å². The minimum absolute atomic E-state index is 0.164. The lowest BCUT2D eigenvalue weighted by Crippen LogP contribution is -2.11. The number of para-hydroxylation sites is 1. The number of esters is 1. The highest BCUT2D eigenvalue weighted by atomic mass is 16.5. The van der Waals surface area contributed by atoms with Gasteiger partial charge < -0.3 is 10.1 Å². The van der Waals surface area contributed by atoms with E-state index >= 15 is 0 Å². The number of hydrogen-bond acceptors (Lipinski definition) is 3. The number of ether oxygens (including phenoxy) is 1. The smallest absolute Gasteiger partial charge is 0.306 e. The maximum absolute atomic E-state index is 12.1. The molecule has 0 spiro atoms. The molecule has 120 valence electrons. The molecule has 0 unspecified atom stereocenters. The van der Waals surface area contributed by atoms with E-state index in [1.54, 1.807) is 24.3 Å². The van der Waals surface area contributed by atoms with Crippen molar-refractivity contribution in [3.63, 3.8) is 0 Å². The first-order valence-corrected chi connectivity index (χ1v) is 7.80. The maximum Gasteiger partial charge on any atom is 0.306 e. The number of benzene rings is 2. The Kier molecular flexibility index (Phi) is 6.36. The van der Waals surface area contributed by atoms with Gasteiger partial charge in [0, 0.05) is 17.7 Å². The number of carbonyl (C=O) groups is 2. The molecule has 0 heterocycles. The summed E-state index contributed by atoms with van der Waals surface area (Å²) in [6, 6.07) is 16.4. The van der Waals surface area contributed by atoms with Crippen molar-refractivity contribution in [1.29, 1.82) is 0 Å². The van der Waals surface area contributed by atoms with Gasteiger partial charge in [-0.25, -0.2) is 0 Å². The molecule has 0 saturated carbocycles. The molecule has 0 aliphatic carbocycles.